The van der Waals surface area contributed by atoms with Crippen molar-refractivity contribution < 1.29 is 19.4 Å². The molecular weight excluding hydrogens is 266 g/mol. The molecule has 0 bridgehead atoms. The summed E-state index contributed by atoms with van der Waals surface area (Å²) in [5.41, 5.74) is 0. The molecule has 0 aromatic rings. The van der Waals surface area contributed by atoms with Gasteiger partial charge in [0.2, 0.25) is 5.91 Å². The Morgan fingerprint density at radius 2 is 2.33 bits per heavy atom. The van der Waals surface area contributed by atoms with Gasteiger partial charge in [0.15, 0.2) is 6.04 Å². The highest BCUT2D eigenvalue weighted by Crippen LogP contribution is 2.08. The van der Waals surface area contributed by atoms with Crippen LogP contribution in [0.25, 0.3) is 0 Å². The Morgan fingerprint density at radius 1 is 1.60 bits per heavy atom. The Kier molecular flexibility index (Phi) is 5.04. The molecule has 6 heteroatoms. The Balaban J connectivity index is 2.27. The molecule has 86 valence electrons. The van der Waals surface area contributed by atoms with Crippen LogP contribution in [0.2, 0.25) is 0 Å². The summed E-state index contributed by atoms with van der Waals surface area (Å²) in [5.74, 6) is -0.782. The summed E-state index contributed by atoms with van der Waals surface area (Å²) in [6.07, 6.45) is 1.11. The maximum atomic E-state index is 11.3. The number of alkyl halides is 1. The number of cyclic esters (lactones) is 1. The van der Waals surface area contributed by atoms with Crippen molar-refractivity contribution in [1.29, 1.82) is 0 Å². The lowest BCUT2D eigenvalue weighted by molar-refractivity contribution is -0.141. The zero-order valence-electron chi connectivity index (χ0n) is 8.24. The van der Waals surface area contributed by atoms with Crippen molar-refractivity contribution >= 4 is 27.8 Å². The number of hydrogen-bond acceptors (Lipinski definition) is 4. The van der Waals surface area contributed by atoms with E-state index < -0.39 is 18.1 Å². The molecule has 0 aromatic carbocycles. The first-order chi connectivity index (χ1) is 7.15. The van der Waals surface area contributed by atoms with E-state index in [9.17, 15) is 14.7 Å². The highest BCUT2D eigenvalue weighted by atomic mass is 79.9. The number of aliphatic hydroxyl groups excluding tert-OH is 1. The number of rotatable bonds is 5. The van der Waals surface area contributed by atoms with E-state index in [-0.39, 0.29) is 12.5 Å². The molecule has 0 aromatic heterocycles. The van der Waals surface area contributed by atoms with Crippen LogP contribution in [0.5, 0.6) is 0 Å². The second-order valence-corrected chi connectivity index (χ2v) is 4.18. The molecule has 0 aliphatic carbocycles. The number of aliphatic hydroxyl groups is 1. The van der Waals surface area contributed by atoms with Gasteiger partial charge in [0.25, 0.3) is 0 Å². The number of esters is 1. The third kappa shape index (κ3) is 3.79. The number of halogens is 1. The lowest BCUT2D eigenvalue weighted by Crippen LogP contribution is -2.44. The van der Waals surface area contributed by atoms with Gasteiger partial charge < -0.3 is 15.2 Å². The van der Waals surface area contributed by atoms with Crippen LogP contribution in [-0.2, 0) is 14.3 Å². The minimum Gasteiger partial charge on any atom is -0.461 e. The highest BCUT2D eigenvalue weighted by molar-refractivity contribution is 9.09. The minimum atomic E-state index is -0.919. The molecule has 1 heterocycles. The minimum absolute atomic E-state index is 0.0365. The Morgan fingerprint density at radius 3 is 2.87 bits per heavy atom. The first kappa shape index (κ1) is 12.4. The topological polar surface area (TPSA) is 75.6 Å². The van der Waals surface area contributed by atoms with Crippen LogP contribution in [0.3, 0.4) is 0 Å². The molecule has 2 atom stereocenters. The third-order valence-electron chi connectivity index (χ3n) is 2.14. The number of nitrogens with one attached hydrogen (secondary N) is 1. The fourth-order valence-corrected chi connectivity index (χ4v) is 1.69. The Labute approximate surface area is 96.3 Å². The zero-order chi connectivity index (χ0) is 11.3. The van der Waals surface area contributed by atoms with Crippen LogP contribution in [0.1, 0.15) is 19.3 Å². The van der Waals surface area contributed by atoms with E-state index in [4.69, 9.17) is 0 Å². The van der Waals surface area contributed by atoms with Gasteiger partial charge in [-0.15, -0.1) is 0 Å². The molecule has 1 amide bonds. The van der Waals surface area contributed by atoms with E-state index in [0.717, 1.165) is 18.2 Å². The number of amides is 1. The van der Waals surface area contributed by atoms with Crippen LogP contribution < -0.4 is 5.32 Å². The van der Waals surface area contributed by atoms with Crippen molar-refractivity contribution in [2.24, 2.45) is 0 Å². The standard InChI is InChI=1S/C9H14BrNO4/c10-4-2-1-3-7(13)11-8-6(12)5-15-9(8)14/h6,8,12H,1-5H2,(H,11,13)/t6-,8-/m1/s1. The van der Waals surface area contributed by atoms with Crippen LogP contribution in [0, 0.1) is 0 Å². The van der Waals surface area contributed by atoms with Gasteiger partial charge >= 0.3 is 5.97 Å². The van der Waals surface area contributed by atoms with Gasteiger partial charge in [0, 0.05) is 11.8 Å². The Bertz CT molecular complexity index is 246. The van der Waals surface area contributed by atoms with E-state index in [1.54, 1.807) is 0 Å². The van der Waals surface area contributed by atoms with E-state index in [1.807, 2.05) is 0 Å². The van der Waals surface area contributed by atoms with Crippen molar-refractivity contribution in [2.75, 3.05) is 11.9 Å². The highest BCUT2D eigenvalue weighted by Gasteiger charge is 2.36. The average molecular weight is 280 g/mol. The fraction of sp³-hybridized carbons (Fsp3) is 0.778. The molecule has 0 spiro atoms. The first-order valence-electron chi connectivity index (χ1n) is 4.85. The maximum Gasteiger partial charge on any atom is 0.331 e. The molecule has 15 heavy (non-hydrogen) atoms. The van der Waals surface area contributed by atoms with Crippen LogP contribution in [0.4, 0.5) is 0 Å². The van der Waals surface area contributed by atoms with Crippen molar-refractivity contribution in [3.63, 3.8) is 0 Å². The fourth-order valence-electron chi connectivity index (χ4n) is 1.29. The number of unbranched alkanes of at least 4 members (excludes halogenated alkanes) is 1. The molecule has 0 saturated carbocycles. The second kappa shape index (κ2) is 6.07. The van der Waals surface area contributed by atoms with Crippen LogP contribution >= 0.6 is 15.9 Å². The molecule has 5 nitrogen and oxygen atoms in total. The number of ether oxygens (including phenoxy) is 1. The smallest absolute Gasteiger partial charge is 0.331 e. The predicted octanol–water partition coefficient (Wildman–Crippen LogP) is -0.0459. The number of carbonyl (C=O) groups excluding carboxylic acids is 2. The lowest BCUT2D eigenvalue weighted by atomic mass is 10.2. The molecule has 2 N–H and O–H groups in total. The number of carbonyl (C=O) groups is 2. The van der Waals surface area contributed by atoms with Crippen molar-refractivity contribution in [1.82, 2.24) is 5.32 Å². The SMILES string of the molecule is O=C(CCCCBr)N[C@H]1C(=O)OC[C@H]1O. The largest absolute Gasteiger partial charge is 0.461 e. The summed E-state index contributed by atoms with van der Waals surface area (Å²) in [7, 11) is 0. The van der Waals surface area contributed by atoms with Crippen molar-refractivity contribution in [2.45, 2.75) is 31.4 Å². The first-order valence-corrected chi connectivity index (χ1v) is 5.97. The van der Waals surface area contributed by atoms with Gasteiger partial charge in [0.1, 0.15) is 12.7 Å². The quantitative estimate of drug-likeness (QED) is 0.421. The van der Waals surface area contributed by atoms with Crippen LogP contribution in [0.15, 0.2) is 0 Å². The van der Waals surface area contributed by atoms with Gasteiger partial charge in [-0.1, -0.05) is 15.9 Å². The predicted molar refractivity (Wildman–Crippen MR) is 56.5 cm³/mol. The summed E-state index contributed by atoms with van der Waals surface area (Å²) < 4.78 is 4.59. The third-order valence-corrected chi connectivity index (χ3v) is 2.70. The van der Waals surface area contributed by atoms with Gasteiger partial charge in [-0.3, -0.25) is 4.79 Å². The molecule has 1 fully saturated rings. The molecular formula is C9H14BrNO4. The Hall–Kier alpha value is -0.620. The van der Waals surface area contributed by atoms with Crippen molar-refractivity contribution in [3.05, 3.63) is 0 Å². The molecule has 0 radical (unpaired) electrons. The van der Waals surface area contributed by atoms with Gasteiger partial charge in [0.05, 0.1) is 0 Å². The van der Waals surface area contributed by atoms with Gasteiger partial charge in [-0.25, -0.2) is 4.79 Å². The molecule has 1 aliphatic rings. The summed E-state index contributed by atoms with van der Waals surface area (Å²) in [6, 6.07) is -0.888. The van der Waals surface area contributed by atoms with E-state index >= 15 is 0 Å². The van der Waals surface area contributed by atoms with E-state index in [2.05, 4.69) is 26.0 Å². The second-order valence-electron chi connectivity index (χ2n) is 3.39. The van der Waals surface area contributed by atoms with E-state index in [0.29, 0.717) is 6.42 Å². The molecule has 1 saturated heterocycles. The molecule has 0 unspecified atom stereocenters. The molecule has 1 aliphatic heterocycles. The normalized spacial score (nSPS) is 25.1. The summed E-state index contributed by atoms with van der Waals surface area (Å²) in [4.78, 5) is 22.4. The monoisotopic (exact) mass is 279 g/mol. The lowest BCUT2D eigenvalue weighted by Gasteiger charge is -2.11. The van der Waals surface area contributed by atoms with Crippen LogP contribution in [-0.4, -0.2) is 41.1 Å². The number of hydrogen-bond donors (Lipinski definition) is 2. The summed E-state index contributed by atoms with van der Waals surface area (Å²) in [6.45, 7) is -0.0365. The van der Waals surface area contributed by atoms with Gasteiger partial charge in [-0.2, -0.15) is 0 Å². The van der Waals surface area contributed by atoms with Crippen molar-refractivity contribution in [3.8, 4) is 0 Å². The average Bonchev–Trinajstić information content (AvgIpc) is 2.50. The maximum absolute atomic E-state index is 11.3. The summed E-state index contributed by atoms with van der Waals surface area (Å²) in [5, 5.41) is 12.6. The molecule has 1 rings (SSSR count). The van der Waals surface area contributed by atoms with E-state index in [1.165, 1.54) is 0 Å². The summed E-state index contributed by atoms with van der Waals surface area (Å²) >= 11 is 3.26. The zero-order valence-corrected chi connectivity index (χ0v) is 9.83. The van der Waals surface area contributed by atoms with Gasteiger partial charge in [-0.05, 0) is 12.8 Å².